The minimum atomic E-state index is -3.85. The van der Waals surface area contributed by atoms with Crippen LogP contribution in [-0.4, -0.2) is 58.0 Å². The number of pyridine rings is 1. The Hall–Kier alpha value is -4.04. The number of benzene rings is 1. The third kappa shape index (κ3) is 6.39. The maximum absolute atomic E-state index is 14.5. The topological polar surface area (TPSA) is 144 Å². The van der Waals surface area contributed by atoms with Crippen LogP contribution >= 0.6 is 11.6 Å². The molecule has 2 aliphatic rings. The van der Waals surface area contributed by atoms with Gasteiger partial charge < -0.3 is 10.2 Å². The Balaban J connectivity index is 1.37. The summed E-state index contributed by atoms with van der Waals surface area (Å²) in [7, 11) is -2.14. The molecule has 6 rings (SSSR count). The SMILES string of the molecule is Cc1cc([C@@H](C)Nc2ccc(Cl)nc2C(=O)NS(C)(=O)=O)c2nc(N3CCC(c4nn(C)cc4F)CC3)n(C3CC3)c(=O)c2c1. The normalized spacial score (nSPS) is 16.6. The highest BCUT2D eigenvalue weighted by Gasteiger charge is 2.33. The van der Waals surface area contributed by atoms with Crippen molar-refractivity contribution in [2.45, 2.75) is 57.5 Å². The Bertz CT molecular complexity index is 1980. The molecule has 3 aromatic heterocycles. The van der Waals surface area contributed by atoms with Crippen molar-refractivity contribution in [1.29, 1.82) is 0 Å². The molecule has 2 N–H and O–H groups in total. The molecular weight excluding hydrogens is 623 g/mol. The molecule has 0 spiro atoms. The number of carbonyl (C=O) groups excluding carboxylic acids is 1. The summed E-state index contributed by atoms with van der Waals surface area (Å²) >= 11 is 6.05. The molecule has 1 aliphatic heterocycles. The highest BCUT2D eigenvalue weighted by Crippen LogP contribution is 2.39. The number of nitrogens with zero attached hydrogens (tertiary/aromatic N) is 6. The molecule has 45 heavy (non-hydrogen) atoms. The molecule has 4 heterocycles. The molecule has 1 atom stereocenters. The lowest BCUT2D eigenvalue weighted by atomic mass is 9.93. The highest BCUT2D eigenvalue weighted by molar-refractivity contribution is 7.89. The summed E-state index contributed by atoms with van der Waals surface area (Å²) < 4.78 is 43.2. The number of aryl methyl sites for hydroxylation is 2. The van der Waals surface area contributed by atoms with Crippen molar-refractivity contribution in [2.75, 3.05) is 29.6 Å². The molecular formula is C30H34ClFN8O4S. The zero-order chi connectivity index (χ0) is 32.2. The maximum atomic E-state index is 14.5. The van der Waals surface area contributed by atoms with E-state index in [0.29, 0.717) is 48.5 Å². The summed E-state index contributed by atoms with van der Waals surface area (Å²) in [5, 5.41) is 8.10. The van der Waals surface area contributed by atoms with Crippen LogP contribution in [0.5, 0.6) is 0 Å². The zero-order valence-corrected chi connectivity index (χ0v) is 26.9. The molecule has 1 saturated heterocycles. The van der Waals surface area contributed by atoms with Gasteiger partial charge in [0.2, 0.25) is 16.0 Å². The van der Waals surface area contributed by atoms with Gasteiger partial charge in [0.05, 0.1) is 35.1 Å². The number of piperidine rings is 1. The number of anilines is 2. The Morgan fingerprint density at radius 1 is 1.13 bits per heavy atom. The van der Waals surface area contributed by atoms with Gasteiger partial charge in [-0.1, -0.05) is 17.7 Å². The average molecular weight is 657 g/mol. The second kappa shape index (κ2) is 11.7. The van der Waals surface area contributed by atoms with Crippen LogP contribution < -0.4 is 20.5 Å². The van der Waals surface area contributed by atoms with Crippen LogP contribution in [0.2, 0.25) is 5.15 Å². The van der Waals surface area contributed by atoms with Crippen molar-refractivity contribution in [3.8, 4) is 0 Å². The van der Waals surface area contributed by atoms with Gasteiger partial charge >= 0.3 is 0 Å². The van der Waals surface area contributed by atoms with Gasteiger partial charge in [0.1, 0.15) is 10.8 Å². The number of halogens is 2. The van der Waals surface area contributed by atoms with Crippen molar-refractivity contribution in [1.82, 2.24) is 29.0 Å². The monoisotopic (exact) mass is 656 g/mol. The van der Waals surface area contributed by atoms with Crippen LogP contribution in [0.25, 0.3) is 10.9 Å². The molecule has 0 bridgehead atoms. The fourth-order valence-electron chi connectivity index (χ4n) is 6.04. The Morgan fingerprint density at radius 3 is 2.47 bits per heavy atom. The van der Waals surface area contributed by atoms with Gasteiger partial charge in [-0.25, -0.2) is 27.5 Å². The first-order chi connectivity index (χ1) is 21.3. The van der Waals surface area contributed by atoms with Gasteiger partial charge in [0.15, 0.2) is 11.5 Å². The van der Waals surface area contributed by atoms with E-state index in [2.05, 4.69) is 20.3 Å². The van der Waals surface area contributed by atoms with E-state index in [1.807, 2.05) is 35.3 Å². The first-order valence-electron chi connectivity index (χ1n) is 14.7. The lowest BCUT2D eigenvalue weighted by molar-refractivity contribution is 0.0977. The van der Waals surface area contributed by atoms with Gasteiger partial charge in [-0.05, 0) is 63.3 Å². The lowest BCUT2D eigenvalue weighted by Gasteiger charge is -2.33. The quantitative estimate of drug-likeness (QED) is 0.267. The van der Waals surface area contributed by atoms with Gasteiger partial charge in [0.25, 0.3) is 11.5 Å². The van der Waals surface area contributed by atoms with Crippen molar-refractivity contribution < 1.29 is 17.6 Å². The molecule has 1 amide bonds. The smallest absolute Gasteiger partial charge is 0.285 e. The predicted molar refractivity (Wildman–Crippen MR) is 170 cm³/mol. The van der Waals surface area contributed by atoms with E-state index in [1.165, 1.54) is 16.9 Å². The molecule has 1 aromatic carbocycles. The van der Waals surface area contributed by atoms with Crippen molar-refractivity contribution in [3.05, 3.63) is 74.3 Å². The van der Waals surface area contributed by atoms with Crippen LogP contribution in [0.15, 0.2) is 35.3 Å². The average Bonchev–Trinajstić information content (AvgIpc) is 3.75. The first-order valence-corrected chi connectivity index (χ1v) is 17.0. The van der Waals surface area contributed by atoms with Crippen molar-refractivity contribution >= 4 is 50.1 Å². The number of nitrogens with one attached hydrogen (secondary N) is 2. The van der Waals surface area contributed by atoms with Gasteiger partial charge in [-0.3, -0.25) is 18.8 Å². The number of hydrogen-bond donors (Lipinski definition) is 2. The molecule has 238 valence electrons. The number of carbonyl (C=O) groups is 1. The third-order valence-corrected chi connectivity index (χ3v) is 9.01. The Labute approximate surface area is 264 Å². The Kier molecular flexibility index (Phi) is 8.06. The number of hydrogen-bond acceptors (Lipinski definition) is 9. The summed E-state index contributed by atoms with van der Waals surface area (Å²) in [6.45, 7) is 4.95. The molecule has 0 radical (unpaired) electrons. The van der Waals surface area contributed by atoms with E-state index < -0.39 is 22.0 Å². The summed E-state index contributed by atoms with van der Waals surface area (Å²) in [4.78, 5) is 38.2. The van der Waals surface area contributed by atoms with Crippen LogP contribution in [0.4, 0.5) is 16.0 Å². The molecule has 15 heteroatoms. The van der Waals surface area contributed by atoms with Crippen LogP contribution in [0.1, 0.15) is 77.9 Å². The van der Waals surface area contributed by atoms with Gasteiger partial charge in [-0.2, -0.15) is 5.10 Å². The molecule has 12 nitrogen and oxygen atoms in total. The fraction of sp³-hybridized carbons (Fsp3) is 0.433. The van der Waals surface area contributed by atoms with Crippen LogP contribution in [0, 0.1) is 12.7 Å². The van der Waals surface area contributed by atoms with E-state index in [1.54, 1.807) is 13.1 Å². The molecule has 1 aliphatic carbocycles. The second-order valence-corrected chi connectivity index (χ2v) is 14.1. The molecule has 2 fully saturated rings. The molecule has 4 aromatic rings. The van der Waals surface area contributed by atoms with Gasteiger partial charge in [0, 0.05) is 37.7 Å². The van der Waals surface area contributed by atoms with Gasteiger partial charge in [-0.15, -0.1) is 0 Å². The number of rotatable bonds is 8. The minimum Gasteiger partial charge on any atom is -0.377 e. The van der Waals surface area contributed by atoms with Crippen molar-refractivity contribution in [2.24, 2.45) is 7.05 Å². The number of fused-ring (bicyclic) bond motifs is 1. The van der Waals surface area contributed by atoms with E-state index >= 15 is 0 Å². The van der Waals surface area contributed by atoms with E-state index in [0.717, 1.165) is 30.2 Å². The summed E-state index contributed by atoms with van der Waals surface area (Å²) in [6, 6.07) is 6.42. The maximum Gasteiger partial charge on any atom is 0.285 e. The largest absolute Gasteiger partial charge is 0.377 e. The van der Waals surface area contributed by atoms with E-state index in [9.17, 15) is 22.4 Å². The van der Waals surface area contributed by atoms with E-state index in [-0.39, 0.29) is 39.9 Å². The first kappa shape index (κ1) is 31.0. The zero-order valence-electron chi connectivity index (χ0n) is 25.3. The Morgan fingerprint density at radius 2 is 1.84 bits per heavy atom. The lowest BCUT2D eigenvalue weighted by Crippen LogP contribution is -2.38. The minimum absolute atomic E-state index is 0.0199. The molecule has 1 saturated carbocycles. The van der Waals surface area contributed by atoms with Crippen molar-refractivity contribution in [3.63, 3.8) is 0 Å². The third-order valence-electron chi connectivity index (χ3n) is 8.24. The second-order valence-electron chi connectivity index (χ2n) is 12.0. The fourth-order valence-corrected chi connectivity index (χ4v) is 6.62. The molecule has 0 unspecified atom stereocenters. The summed E-state index contributed by atoms with van der Waals surface area (Å²) in [6.07, 6.45) is 5.40. The number of amides is 1. The van der Waals surface area contributed by atoms with E-state index in [4.69, 9.17) is 16.6 Å². The number of aromatic nitrogens is 5. The summed E-state index contributed by atoms with van der Waals surface area (Å²) in [5.41, 5.74) is 2.55. The highest BCUT2D eigenvalue weighted by atomic mass is 35.5. The standard InChI is InChI=1S/C30H34ClFN8O4S/c1-16-13-20(17(2)33-23-7-8-24(31)34-27(23)28(41)37-45(4,43)44)26-21(14-16)29(42)40(19-5-6-19)30(35-26)39-11-9-18(10-12-39)25-22(32)15-38(3)36-25/h7-8,13-15,17-19,33H,5-6,9-12H2,1-4H3,(H,37,41)/t17-/m1/s1. The predicted octanol–water partition coefficient (Wildman–Crippen LogP) is 4.21. The number of sulfonamides is 1. The van der Waals surface area contributed by atoms with Crippen LogP contribution in [0.3, 0.4) is 0 Å². The van der Waals surface area contributed by atoms with Crippen LogP contribution in [-0.2, 0) is 17.1 Å². The summed E-state index contributed by atoms with van der Waals surface area (Å²) in [5.74, 6) is -0.656.